The van der Waals surface area contributed by atoms with Crippen LogP contribution in [0.1, 0.15) is 5.56 Å². The molecule has 3 rings (SSSR count). The Balaban J connectivity index is 2.21. The van der Waals surface area contributed by atoms with E-state index < -0.39 is 15.4 Å². The monoisotopic (exact) mass is 272 g/mol. The Morgan fingerprint density at radius 2 is 2.12 bits per heavy atom. The molecule has 1 aromatic carbocycles. The zero-order valence-corrected chi connectivity index (χ0v) is 10.2. The maximum atomic E-state index is 11.2. The molecule has 0 radical (unpaired) electrons. The molecule has 2 heterocycles. The molecule has 2 aromatic rings. The number of hydrogen-bond acceptors (Lipinski definition) is 4. The molecule has 1 aliphatic heterocycles. The average molecular weight is 273 g/mol. The largest absolute Gasteiger partial charge is 0.383 e. The SMILES string of the molecule is O=S1(=O)CC(O)(c2cc(Cl)cc3cn[nH]c23)C1. The Bertz CT molecular complexity index is 695. The van der Waals surface area contributed by atoms with E-state index in [2.05, 4.69) is 10.2 Å². The molecule has 90 valence electrons. The van der Waals surface area contributed by atoms with Crippen LogP contribution in [0.5, 0.6) is 0 Å². The second-order valence-electron chi connectivity index (χ2n) is 4.35. The van der Waals surface area contributed by atoms with Crippen molar-refractivity contribution in [3.05, 3.63) is 28.9 Å². The number of aromatic nitrogens is 2. The van der Waals surface area contributed by atoms with Crippen molar-refractivity contribution in [1.29, 1.82) is 0 Å². The number of aliphatic hydroxyl groups is 1. The predicted molar refractivity (Wildman–Crippen MR) is 63.7 cm³/mol. The first-order valence-corrected chi connectivity index (χ1v) is 7.15. The zero-order valence-electron chi connectivity index (χ0n) is 8.64. The summed E-state index contributed by atoms with van der Waals surface area (Å²) in [7, 11) is -3.13. The number of rotatable bonds is 1. The first-order chi connectivity index (χ1) is 7.90. The van der Waals surface area contributed by atoms with E-state index in [-0.39, 0.29) is 11.5 Å². The minimum Gasteiger partial charge on any atom is -0.383 e. The number of H-pyrrole nitrogens is 1. The van der Waals surface area contributed by atoms with Gasteiger partial charge in [-0.05, 0) is 12.1 Å². The van der Waals surface area contributed by atoms with Gasteiger partial charge >= 0.3 is 0 Å². The van der Waals surface area contributed by atoms with Crippen LogP contribution >= 0.6 is 11.6 Å². The summed E-state index contributed by atoms with van der Waals surface area (Å²) in [6.07, 6.45) is 1.58. The van der Waals surface area contributed by atoms with Crippen molar-refractivity contribution in [3.8, 4) is 0 Å². The molecular formula is C10H9ClN2O3S. The lowest BCUT2D eigenvalue weighted by Crippen LogP contribution is -2.52. The van der Waals surface area contributed by atoms with Crippen molar-refractivity contribution in [3.63, 3.8) is 0 Å². The van der Waals surface area contributed by atoms with Gasteiger partial charge in [-0.3, -0.25) is 5.10 Å². The Hall–Kier alpha value is -1.11. The second kappa shape index (κ2) is 3.22. The summed E-state index contributed by atoms with van der Waals surface area (Å²) in [4.78, 5) is 0. The highest BCUT2D eigenvalue weighted by atomic mass is 35.5. The average Bonchev–Trinajstić information content (AvgIpc) is 2.60. The van der Waals surface area contributed by atoms with E-state index in [0.29, 0.717) is 16.1 Å². The number of nitrogens with one attached hydrogen (secondary N) is 1. The highest BCUT2D eigenvalue weighted by Crippen LogP contribution is 2.38. The highest BCUT2D eigenvalue weighted by Gasteiger charge is 2.49. The van der Waals surface area contributed by atoms with Gasteiger partial charge in [-0.25, -0.2) is 8.42 Å². The first-order valence-electron chi connectivity index (χ1n) is 4.96. The standard InChI is InChI=1S/C10H9ClN2O3S/c11-7-1-6-3-12-13-9(6)8(2-7)10(14)4-17(15,16)5-10/h1-3,14H,4-5H2,(H,12,13). The van der Waals surface area contributed by atoms with Crippen molar-refractivity contribution >= 4 is 32.3 Å². The topological polar surface area (TPSA) is 83.1 Å². The summed E-state index contributed by atoms with van der Waals surface area (Å²) in [6, 6.07) is 3.29. The molecule has 1 aromatic heterocycles. The fraction of sp³-hybridized carbons (Fsp3) is 0.300. The molecule has 1 saturated heterocycles. The third-order valence-electron chi connectivity index (χ3n) is 2.93. The normalized spacial score (nSPS) is 21.3. The van der Waals surface area contributed by atoms with Crippen molar-refractivity contribution in [2.45, 2.75) is 5.60 Å². The minimum absolute atomic E-state index is 0.269. The summed E-state index contributed by atoms with van der Waals surface area (Å²) in [5.41, 5.74) is -0.228. The predicted octanol–water partition coefficient (Wildman–Crippen LogP) is 0.832. The molecule has 1 fully saturated rings. The third-order valence-corrected chi connectivity index (χ3v) is 4.99. The van der Waals surface area contributed by atoms with Crippen LogP contribution in [0.15, 0.2) is 18.3 Å². The van der Waals surface area contributed by atoms with Crippen molar-refractivity contribution < 1.29 is 13.5 Å². The molecule has 0 bridgehead atoms. The zero-order chi connectivity index (χ0) is 12.3. The van der Waals surface area contributed by atoms with Gasteiger partial charge in [0.15, 0.2) is 9.84 Å². The van der Waals surface area contributed by atoms with Crippen LogP contribution in [0.25, 0.3) is 10.9 Å². The summed E-state index contributed by atoms with van der Waals surface area (Å²) >= 11 is 5.94. The van der Waals surface area contributed by atoms with Gasteiger partial charge in [-0.15, -0.1) is 0 Å². The van der Waals surface area contributed by atoms with E-state index in [9.17, 15) is 13.5 Å². The van der Waals surface area contributed by atoms with Gasteiger partial charge in [-0.2, -0.15) is 5.10 Å². The Kier molecular flexibility index (Phi) is 2.08. The number of aromatic amines is 1. The molecule has 5 nitrogen and oxygen atoms in total. The molecule has 0 spiro atoms. The summed E-state index contributed by atoms with van der Waals surface area (Å²) in [5, 5.41) is 18.1. The van der Waals surface area contributed by atoms with Gasteiger partial charge in [0.2, 0.25) is 0 Å². The van der Waals surface area contributed by atoms with Crippen molar-refractivity contribution in [1.82, 2.24) is 10.2 Å². The van der Waals surface area contributed by atoms with E-state index in [1.807, 2.05) is 0 Å². The Morgan fingerprint density at radius 1 is 1.41 bits per heavy atom. The molecule has 0 atom stereocenters. The van der Waals surface area contributed by atoms with Crippen molar-refractivity contribution in [2.75, 3.05) is 11.5 Å². The van der Waals surface area contributed by atoms with Gasteiger partial charge < -0.3 is 5.11 Å². The van der Waals surface area contributed by atoms with Gasteiger partial charge in [0.05, 0.1) is 23.2 Å². The highest BCUT2D eigenvalue weighted by molar-refractivity contribution is 7.92. The van der Waals surface area contributed by atoms with Gasteiger partial charge in [-0.1, -0.05) is 11.6 Å². The van der Waals surface area contributed by atoms with Gasteiger partial charge in [0, 0.05) is 16.0 Å². The molecule has 0 unspecified atom stereocenters. The fourth-order valence-corrected chi connectivity index (χ4v) is 4.14. The second-order valence-corrected chi connectivity index (χ2v) is 6.85. The van der Waals surface area contributed by atoms with E-state index in [1.54, 1.807) is 18.3 Å². The number of fused-ring (bicyclic) bond motifs is 1. The summed E-state index contributed by atoms with van der Waals surface area (Å²) in [5.74, 6) is -0.539. The molecule has 7 heteroatoms. The first kappa shape index (κ1) is 11.0. The molecule has 1 aliphatic rings. The molecule has 0 amide bonds. The fourth-order valence-electron chi connectivity index (χ4n) is 2.23. The van der Waals surface area contributed by atoms with Crippen LogP contribution in [0, 0.1) is 0 Å². The molecule has 0 aliphatic carbocycles. The lowest BCUT2D eigenvalue weighted by atomic mass is 9.95. The molecular weight excluding hydrogens is 264 g/mol. The van der Waals surface area contributed by atoms with Crippen LogP contribution in [0.4, 0.5) is 0 Å². The number of nitrogens with zero attached hydrogens (tertiary/aromatic N) is 1. The third kappa shape index (κ3) is 1.64. The van der Waals surface area contributed by atoms with E-state index >= 15 is 0 Å². The lowest BCUT2D eigenvalue weighted by Gasteiger charge is -2.36. The van der Waals surface area contributed by atoms with Gasteiger partial charge in [0.25, 0.3) is 0 Å². The maximum Gasteiger partial charge on any atom is 0.156 e. The quantitative estimate of drug-likeness (QED) is 0.806. The lowest BCUT2D eigenvalue weighted by molar-refractivity contribution is 0.0705. The Morgan fingerprint density at radius 3 is 2.76 bits per heavy atom. The van der Waals surface area contributed by atoms with Crippen molar-refractivity contribution in [2.24, 2.45) is 0 Å². The van der Waals surface area contributed by atoms with E-state index in [4.69, 9.17) is 11.6 Å². The minimum atomic E-state index is -3.13. The smallest absolute Gasteiger partial charge is 0.156 e. The van der Waals surface area contributed by atoms with E-state index in [1.165, 1.54) is 0 Å². The molecule has 0 saturated carbocycles. The van der Waals surface area contributed by atoms with E-state index in [0.717, 1.165) is 5.39 Å². The van der Waals surface area contributed by atoms with Crippen LogP contribution in [-0.2, 0) is 15.4 Å². The van der Waals surface area contributed by atoms with Crippen LogP contribution in [0.3, 0.4) is 0 Å². The number of sulfone groups is 1. The van der Waals surface area contributed by atoms with Crippen LogP contribution < -0.4 is 0 Å². The maximum absolute atomic E-state index is 11.2. The van der Waals surface area contributed by atoms with Crippen LogP contribution in [0.2, 0.25) is 5.02 Å². The Labute approximate surface area is 102 Å². The molecule has 2 N–H and O–H groups in total. The number of halogens is 1. The van der Waals surface area contributed by atoms with Crippen LogP contribution in [-0.4, -0.2) is 35.2 Å². The summed E-state index contributed by atoms with van der Waals surface area (Å²) < 4.78 is 22.4. The number of hydrogen-bond donors (Lipinski definition) is 2. The molecule has 17 heavy (non-hydrogen) atoms. The van der Waals surface area contributed by atoms with Gasteiger partial charge in [0.1, 0.15) is 5.60 Å². The summed E-state index contributed by atoms with van der Waals surface area (Å²) in [6.45, 7) is 0. The number of benzene rings is 1.